The molecule has 80 valence electrons. The van der Waals surface area contributed by atoms with Gasteiger partial charge in [0.25, 0.3) is 0 Å². The molecule has 0 saturated carbocycles. The van der Waals surface area contributed by atoms with Gasteiger partial charge in [-0.05, 0) is 35.2 Å². The molecule has 0 aliphatic rings. The van der Waals surface area contributed by atoms with E-state index in [1.807, 2.05) is 0 Å². The van der Waals surface area contributed by atoms with Gasteiger partial charge in [0, 0.05) is 0 Å². The summed E-state index contributed by atoms with van der Waals surface area (Å²) in [6, 6.07) is 0. The first-order chi connectivity index (χ1) is 5.86. The summed E-state index contributed by atoms with van der Waals surface area (Å²) in [6.45, 7) is 14.0. The van der Waals surface area contributed by atoms with Crippen molar-refractivity contribution in [1.29, 1.82) is 0 Å². The van der Waals surface area contributed by atoms with E-state index in [4.69, 9.17) is 0 Å². The van der Waals surface area contributed by atoms with E-state index in [-0.39, 0.29) is 0 Å². The highest BCUT2D eigenvalue weighted by Gasteiger charge is 2.21. The molecule has 0 aliphatic carbocycles. The molecule has 0 aromatic carbocycles. The molecule has 0 fully saturated rings. The van der Waals surface area contributed by atoms with Crippen molar-refractivity contribution in [2.24, 2.45) is 17.3 Å². The summed E-state index contributed by atoms with van der Waals surface area (Å²) in [6.07, 6.45) is 1.36. The summed E-state index contributed by atoms with van der Waals surface area (Å²) in [5, 5.41) is 0. The van der Waals surface area contributed by atoms with Gasteiger partial charge in [0.15, 0.2) is 0 Å². The number of hydrogen-bond donors (Lipinski definition) is 0. The molecule has 0 unspecified atom stereocenters. The summed E-state index contributed by atoms with van der Waals surface area (Å²) in [7, 11) is 0. The van der Waals surface area contributed by atoms with Crippen LogP contribution in [0.25, 0.3) is 0 Å². The summed E-state index contributed by atoms with van der Waals surface area (Å²) in [5.41, 5.74) is 0.502. The third kappa shape index (κ3) is 6.42. The molecule has 0 amide bonds. The average Bonchev–Trinajstić information content (AvgIpc) is 1.97. The predicted molar refractivity (Wildman–Crippen MR) is 65.4 cm³/mol. The van der Waals surface area contributed by atoms with E-state index < -0.39 is 0 Å². The van der Waals surface area contributed by atoms with E-state index in [9.17, 15) is 0 Å². The first-order valence-electron chi connectivity index (χ1n) is 5.44. The van der Waals surface area contributed by atoms with Gasteiger partial charge in [-0.25, -0.2) is 0 Å². The van der Waals surface area contributed by atoms with Gasteiger partial charge in [-0.2, -0.15) is 11.8 Å². The van der Waals surface area contributed by atoms with Crippen molar-refractivity contribution in [3.05, 3.63) is 0 Å². The van der Waals surface area contributed by atoms with Crippen LogP contribution in [-0.4, -0.2) is 11.5 Å². The van der Waals surface area contributed by atoms with Crippen LogP contribution in [0.2, 0.25) is 0 Å². The molecule has 0 atom stereocenters. The van der Waals surface area contributed by atoms with Gasteiger partial charge in [-0.1, -0.05) is 41.5 Å². The van der Waals surface area contributed by atoms with Crippen molar-refractivity contribution in [3.63, 3.8) is 0 Å². The third-order valence-electron chi connectivity index (χ3n) is 2.88. The van der Waals surface area contributed by atoms with E-state index in [1.165, 1.54) is 17.9 Å². The Morgan fingerprint density at radius 1 is 1.08 bits per heavy atom. The van der Waals surface area contributed by atoms with Crippen LogP contribution in [0.1, 0.15) is 48.0 Å². The Labute approximate surface area is 88.9 Å². The second-order valence-corrected chi connectivity index (χ2v) is 6.48. The zero-order valence-electron chi connectivity index (χ0n) is 10.2. The van der Waals surface area contributed by atoms with Crippen LogP contribution < -0.4 is 0 Å². The fourth-order valence-electron chi connectivity index (χ4n) is 0.821. The largest absolute Gasteiger partial charge is 0.161 e. The van der Waals surface area contributed by atoms with E-state index >= 15 is 0 Å². The van der Waals surface area contributed by atoms with Crippen LogP contribution in [0.3, 0.4) is 0 Å². The molecular weight excluding hydrogens is 176 g/mol. The molecule has 0 bridgehead atoms. The lowest BCUT2D eigenvalue weighted by molar-refractivity contribution is 0.291. The Hall–Kier alpha value is 0.350. The molecule has 0 N–H and O–H groups in total. The van der Waals surface area contributed by atoms with Crippen LogP contribution in [0.15, 0.2) is 0 Å². The molecular formula is C12H26S. The van der Waals surface area contributed by atoms with E-state index in [0.717, 1.165) is 11.8 Å². The normalized spacial score (nSPS) is 12.9. The van der Waals surface area contributed by atoms with Crippen molar-refractivity contribution < 1.29 is 0 Å². The van der Waals surface area contributed by atoms with Crippen LogP contribution in [-0.2, 0) is 0 Å². The van der Waals surface area contributed by atoms with E-state index in [2.05, 4.69) is 53.3 Å². The van der Waals surface area contributed by atoms with Crippen molar-refractivity contribution in [1.82, 2.24) is 0 Å². The maximum Gasteiger partial charge on any atom is -0.00136 e. The van der Waals surface area contributed by atoms with Crippen LogP contribution in [0.4, 0.5) is 0 Å². The summed E-state index contributed by atoms with van der Waals surface area (Å²) in [4.78, 5) is 0. The van der Waals surface area contributed by atoms with Crippen LogP contribution in [0.5, 0.6) is 0 Å². The fraction of sp³-hybridized carbons (Fsp3) is 1.00. The van der Waals surface area contributed by atoms with Gasteiger partial charge >= 0.3 is 0 Å². The van der Waals surface area contributed by atoms with Gasteiger partial charge in [0.1, 0.15) is 0 Å². The quantitative estimate of drug-likeness (QED) is 0.574. The molecule has 1 heteroatoms. The highest BCUT2D eigenvalue weighted by molar-refractivity contribution is 7.99. The molecule has 0 rings (SSSR count). The van der Waals surface area contributed by atoms with Gasteiger partial charge in [-0.3, -0.25) is 0 Å². The minimum Gasteiger partial charge on any atom is -0.161 e. The van der Waals surface area contributed by atoms with Gasteiger partial charge in [-0.15, -0.1) is 0 Å². The lowest BCUT2D eigenvalue weighted by Gasteiger charge is -2.28. The number of hydrogen-bond acceptors (Lipinski definition) is 1. The lowest BCUT2D eigenvalue weighted by atomic mass is 9.83. The number of thioether (sulfide) groups is 1. The minimum atomic E-state index is 0.502. The minimum absolute atomic E-state index is 0.502. The Morgan fingerprint density at radius 2 is 1.62 bits per heavy atom. The zero-order chi connectivity index (χ0) is 10.5. The summed E-state index contributed by atoms with van der Waals surface area (Å²) < 4.78 is 0. The Kier molecular flexibility index (Phi) is 6.11. The lowest BCUT2D eigenvalue weighted by Crippen LogP contribution is -2.22. The first kappa shape index (κ1) is 13.4. The standard InChI is InChI=1S/C12H26S/c1-10(2)7-8-13-9-12(5,6)11(3)4/h10-11H,7-9H2,1-6H3. The van der Waals surface area contributed by atoms with E-state index in [1.54, 1.807) is 0 Å². The molecule has 0 aliphatic heterocycles. The first-order valence-corrected chi connectivity index (χ1v) is 6.59. The highest BCUT2D eigenvalue weighted by atomic mass is 32.2. The second-order valence-electron chi connectivity index (χ2n) is 5.38. The Morgan fingerprint density at radius 3 is 2.00 bits per heavy atom. The molecule has 0 saturated heterocycles. The van der Waals surface area contributed by atoms with Crippen LogP contribution in [0, 0.1) is 17.3 Å². The zero-order valence-corrected chi connectivity index (χ0v) is 11.0. The highest BCUT2D eigenvalue weighted by Crippen LogP contribution is 2.30. The second kappa shape index (κ2) is 5.95. The molecule has 13 heavy (non-hydrogen) atoms. The Balaban J connectivity index is 3.52. The molecule has 0 nitrogen and oxygen atoms in total. The maximum atomic E-state index is 2.38. The van der Waals surface area contributed by atoms with Crippen molar-refractivity contribution in [2.75, 3.05) is 11.5 Å². The average molecular weight is 202 g/mol. The maximum absolute atomic E-state index is 2.38. The third-order valence-corrected chi connectivity index (χ3v) is 4.35. The topological polar surface area (TPSA) is 0 Å². The van der Waals surface area contributed by atoms with E-state index in [0.29, 0.717) is 5.41 Å². The fourth-order valence-corrected chi connectivity index (χ4v) is 2.46. The Bertz CT molecular complexity index is 125. The monoisotopic (exact) mass is 202 g/mol. The molecule has 0 aromatic rings. The summed E-state index contributed by atoms with van der Waals surface area (Å²) >= 11 is 2.12. The van der Waals surface area contributed by atoms with Gasteiger partial charge < -0.3 is 0 Å². The van der Waals surface area contributed by atoms with Gasteiger partial charge in [0.05, 0.1) is 0 Å². The molecule has 0 heterocycles. The SMILES string of the molecule is CC(C)CCSCC(C)(C)C(C)C. The van der Waals surface area contributed by atoms with Crippen molar-refractivity contribution >= 4 is 11.8 Å². The van der Waals surface area contributed by atoms with Crippen molar-refractivity contribution in [3.8, 4) is 0 Å². The smallest absolute Gasteiger partial charge is 0.00136 e. The number of rotatable bonds is 6. The van der Waals surface area contributed by atoms with Crippen LogP contribution >= 0.6 is 11.8 Å². The van der Waals surface area contributed by atoms with Gasteiger partial charge in [0.2, 0.25) is 0 Å². The molecule has 0 radical (unpaired) electrons. The summed E-state index contributed by atoms with van der Waals surface area (Å²) in [5.74, 6) is 4.28. The predicted octanol–water partition coefficient (Wildman–Crippen LogP) is 4.45. The van der Waals surface area contributed by atoms with Crippen molar-refractivity contribution in [2.45, 2.75) is 48.0 Å². The molecule has 0 aromatic heterocycles. The molecule has 0 spiro atoms.